The zero-order valence-electron chi connectivity index (χ0n) is 17.1. The number of hydrogen-bond acceptors (Lipinski definition) is 7. The molecule has 31 heavy (non-hydrogen) atoms. The fourth-order valence-corrected chi connectivity index (χ4v) is 4.88. The van der Waals surface area contributed by atoms with Gasteiger partial charge in [-0.1, -0.05) is 11.6 Å². The Morgan fingerprint density at radius 1 is 1.35 bits per heavy atom. The van der Waals surface area contributed by atoms with Crippen molar-refractivity contribution < 1.29 is 24.2 Å². The molecule has 162 valence electrons. The minimum Gasteiger partial charge on any atom is -0.503 e. The molecule has 0 saturated carbocycles. The van der Waals surface area contributed by atoms with Crippen molar-refractivity contribution in [2.75, 3.05) is 19.0 Å². The van der Waals surface area contributed by atoms with Crippen molar-refractivity contribution in [3.8, 4) is 17.6 Å². The van der Waals surface area contributed by atoms with Crippen LogP contribution in [-0.2, 0) is 22.4 Å². The number of carbonyl (C=O) groups is 2. The zero-order chi connectivity index (χ0) is 22.5. The molecule has 7 nitrogen and oxygen atoms in total. The molecule has 0 aliphatic heterocycles. The normalized spacial score (nSPS) is 13.2. The Labute approximate surface area is 188 Å². The van der Waals surface area contributed by atoms with Gasteiger partial charge in [-0.2, -0.15) is 5.26 Å². The van der Waals surface area contributed by atoms with Gasteiger partial charge in [-0.15, -0.1) is 11.3 Å². The van der Waals surface area contributed by atoms with Crippen LogP contribution in [0.5, 0.6) is 11.5 Å². The van der Waals surface area contributed by atoms with Gasteiger partial charge in [0.1, 0.15) is 16.6 Å². The molecule has 9 heteroatoms. The van der Waals surface area contributed by atoms with Crippen LogP contribution in [0.2, 0.25) is 5.02 Å². The number of rotatable bonds is 6. The van der Waals surface area contributed by atoms with Crippen LogP contribution in [0, 0.1) is 11.3 Å². The summed E-state index contributed by atoms with van der Waals surface area (Å²) >= 11 is 7.33. The predicted octanol–water partition coefficient (Wildman–Crippen LogP) is 4.72. The molecule has 1 aliphatic rings. The van der Waals surface area contributed by atoms with Gasteiger partial charge in [0.25, 0.3) is 5.91 Å². The van der Waals surface area contributed by atoms with Gasteiger partial charge in [-0.05, 0) is 61.9 Å². The third-order valence-corrected chi connectivity index (χ3v) is 6.32. The van der Waals surface area contributed by atoms with E-state index in [2.05, 4.69) is 5.32 Å². The highest BCUT2D eigenvalue weighted by Gasteiger charge is 2.27. The highest BCUT2D eigenvalue weighted by atomic mass is 35.5. The number of phenolic OH excluding ortho intramolecular Hbond substituents is 1. The molecule has 0 atom stereocenters. The number of benzene rings is 1. The molecule has 0 bridgehead atoms. The van der Waals surface area contributed by atoms with Gasteiger partial charge in [-0.3, -0.25) is 4.79 Å². The third-order valence-electron chi connectivity index (χ3n) is 4.82. The average molecular weight is 461 g/mol. The fourth-order valence-electron chi connectivity index (χ4n) is 3.39. The third kappa shape index (κ3) is 4.84. The molecular weight excluding hydrogens is 440 g/mol. The van der Waals surface area contributed by atoms with Crippen LogP contribution in [0.4, 0.5) is 5.00 Å². The van der Waals surface area contributed by atoms with Crippen LogP contribution in [0.1, 0.15) is 46.1 Å². The maximum Gasteiger partial charge on any atom is 0.341 e. The molecule has 1 heterocycles. The molecular formula is C22H21ClN2O5S. The Morgan fingerprint density at radius 2 is 2.10 bits per heavy atom. The number of nitrogens with one attached hydrogen (secondary N) is 1. The number of esters is 1. The van der Waals surface area contributed by atoms with E-state index >= 15 is 0 Å². The number of fused-ring (bicyclic) bond motifs is 1. The van der Waals surface area contributed by atoms with Crippen LogP contribution in [0.25, 0.3) is 6.08 Å². The maximum absolute atomic E-state index is 12.8. The van der Waals surface area contributed by atoms with Gasteiger partial charge in [0.15, 0.2) is 11.5 Å². The predicted molar refractivity (Wildman–Crippen MR) is 119 cm³/mol. The van der Waals surface area contributed by atoms with E-state index in [1.807, 2.05) is 6.07 Å². The number of methoxy groups -OCH3 is 1. The van der Waals surface area contributed by atoms with Crippen molar-refractivity contribution in [2.45, 2.75) is 32.6 Å². The first kappa shape index (κ1) is 22.7. The average Bonchev–Trinajstić information content (AvgIpc) is 3.12. The molecule has 1 aliphatic carbocycles. The first-order chi connectivity index (χ1) is 14.9. The second-order valence-corrected chi connectivity index (χ2v) is 8.33. The van der Waals surface area contributed by atoms with Gasteiger partial charge in [0, 0.05) is 4.88 Å². The van der Waals surface area contributed by atoms with Crippen molar-refractivity contribution in [1.29, 1.82) is 5.26 Å². The van der Waals surface area contributed by atoms with Crippen LogP contribution in [0.15, 0.2) is 17.7 Å². The number of aryl methyl sites for hydroxylation is 1. The number of hydrogen-bond donors (Lipinski definition) is 2. The van der Waals surface area contributed by atoms with E-state index in [1.54, 1.807) is 6.92 Å². The van der Waals surface area contributed by atoms with Crippen LogP contribution in [-0.4, -0.2) is 30.7 Å². The minimum atomic E-state index is -0.658. The molecule has 2 N–H and O–H groups in total. The summed E-state index contributed by atoms with van der Waals surface area (Å²) in [4.78, 5) is 26.4. The summed E-state index contributed by atoms with van der Waals surface area (Å²) < 4.78 is 10.2. The van der Waals surface area contributed by atoms with Gasteiger partial charge >= 0.3 is 5.97 Å². The van der Waals surface area contributed by atoms with Crippen LogP contribution < -0.4 is 10.1 Å². The molecule has 2 aromatic rings. The number of carbonyl (C=O) groups excluding carboxylic acids is 2. The first-order valence-electron chi connectivity index (χ1n) is 9.70. The lowest BCUT2D eigenvalue weighted by molar-refractivity contribution is -0.112. The second kappa shape index (κ2) is 9.86. The SMILES string of the molecule is CCOC(=O)c1c(NC(=O)C(C#N)=Cc2cc(Cl)c(O)c(OC)c2)sc2c1CCCC2. The standard InChI is InChI=1S/C22H21ClN2O5S/c1-3-30-22(28)18-14-6-4-5-7-17(14)31-21(18)25-20(27)13(11-24)8-12-9-15(23)19(26)16(10-12)29-2/h8-10,26H,3-7H2,1-2H3,(H,25,27). The van der Waals surface area contributed by atoms with Crippen molar-refractivity contribution in [3.63, 3.8) is 0 Å². The monoisotopic (exact) mass is 460 g/mol. The fraction of sp³-hybridized carbons (Fsp3) is 0.318. The Hall–Kier alpha value is -3.02. The highest BCUT2D eigenvalue weighted by molar-refractivity contribution is 7.17. The summed E-state index contributed by atoms with van der Waals surface area (Å²) in [6.07, 6.45) is 4.92. The molecule has 3 rings (SSSR count). The van der Waals surface area contributed by atoms with E-state index in [0.29, 0.717) is 16.1 Å². The van der Waals surface area contributed by atoms with Crippen LogP contribution in [0.3, 0.4) is 0 Å². The molecule has 1 amide bonds. The topological polar surface area (TPSA) is 109 Å². The molecule has 1 aromatic heterocycles. The number of anilines is 1. The number of phenols is 1. The first-order valence-corrected chi connectivity index (χ1v) is 10.9. The summed E-state index contributed by atoms with van der Waals surface area (Å²) in [5.41, 5.74) is 1.51. The number of thiophene rings is 1. The van der Waals surface area contributed by atoms with E-state index in [4.69, 9.17) is 21.1 Å². The number of nitriles is 1. The Kier molecular flexibility index (Phi) is 7.21. The number of ether oxygens (including phenoxy) is 2. The molecule has 1 aromatic carbocycles. The Morgan fingerprint density at radius 3 is 2.77 bits per heavy atom. The minimum absolute atomic E-state index is 0.0267. The summed E-state index contributed by atoms with van der Waals surface area (Å²) in [6, 6.07) is 4.74. The van der Waals surface area contributed by atoms with E-state index < -0.39 is 11.9 Å². The van der Waals surface area contributed by atoms with Crippen LogP contribution >= 0.6 is 22.9 Å². The number of halogens is 1. The summed E-state index contributed by atoms with van der Waals surface area (Å²) in [6.45, 7) is 1.95. The molecule has 0 radical (unpaired) electrons. The van der Waals surface area contributed by atoms with Crippen molar-refractivity contribution in [2.24, 2.45) is 0 Å². The lowest BCUT2D eigenvalue weighted by atomic mass is 9.95. The quantitative estimate of drug-likeness (QED) is 0.367. The molecule has 0 unspecified atom stereocenters. The van der Waals surface area contributed by atoms with E-state index in [9.17, 15) is 20.0 Å². The number of aromatic hydroxyl groups is 1. The smallest absolute Gasteiger partial charge is 0.341 e. The van der Waals surface area contributed by atoms with Gasteiger partial charge in [0.05, 0.1) is 24.3 Å². The van der Waals surface area contributed by atoms with E-state index in [1.165, 1.54) is 36.7 Å². The lowest BCUT2D eigenvalue weighted by Crippen LogP contribution is -2.16. The van der Waals surface area contributed by atoms with E-state index in [0.717, 1.165) is 36.1 Å². The second-order valence-electron chi connectivity index (χ2n) is 6.81. The van der Waals surface area contributed by atoms with Crippen molar-refractivity contribution in [1.82, 2.24) is 0 Å². The summed E-state index contributed by atoms with van der Waals surface area (Å²) in [7, 11) is 1.37. The highest BCUT2D eigenvalue weighted by Crippen LogP contribution is 2.39. The largest absolute Gasteiger partial charge is 0.503 e. The molecule has 0 spiro atoms. The van der Waals surface area contributed by atoms with Crippen molar-refractivity contribution in [3.05, 3.63) is 44.3 Å². The van der Waals surface area contributed by atoms with Gasteiger partial charge in [-0.25, -0.2) is 4.79 Å². The Bertz CT molecular complexity index is 1100. The van der Waals surface area contributed by atoms with Crippen molar-refractivity contribution >= 4 is 45.9 Å². The van der Waals surface area contributed by atoms with E-state index in [-0.39, 0.29) is 28.7 Å². The molecule has 0 fully saturated rings. The number of amides is 1. The zero-order valence-corrected chi connectivity index (χ0v) is 18.7. The summed E-state index contributed by atoms with van der Waals surface area (Å²) in [5, 5.41) is 22.5. The van der Waals surface area contributed by atoms with Gasteiger partial charge in [0.2, 0.25) is 0 Å². The Balaban J connectivity index is 1.94. The lowest BCUT2D eigenvalue weighted by Gasteiger charge is -2.12. The number of nitrogens with zero attached hydrogens (tertiary/aromatic N) is 1. The van der Waals surface area contributed by atoms with Gasteiger partial charge < -0.3 is 19.9 Å². The maximum atomic E-state index is 12.8. The summed E-state index contributed by atoms with van der Waals surface area (Å²) in [5.74, 6) is -1.25. The molecule has 0 saturated heterocycles.